The zero-order valence-corrected chi connectivity index (χ0v) is 19.6. The highest BCUT2D eigenvalue weighted by molar-refractivity contribution is 9.10. The average Bonchev–Trinajstić information content (AvgIpc) is 2.78. The highest BCUT2D eigenvalue weighted by Gasteiger charge is 2.32. The van der Waals surface area contributed by atoms with Gasteiger partial charge in [-0.1, -0.05) is 11.6 Å². The van der Waals surface area contributed by atoms with Crippen LogP contribution in [0.3, 0.4) is 0 Å². The van der Waals surface area contributed by atoms with Gasteiger partial charge in [0.05, 0.1) is 22.4 Å². The van der Waals surface area contributed by atoms with Gasteiger partial charge in [0.15, 0.2) is 12.4 Å². The second kappa shape index (κ2) is 10.4. The third-order valence-corrected chi connectivity index (χ3v) is 5.41. The topological polar surface area (TPSA) is 92.7 Å². The molecule has 0 unspecified atom stereocenters. The number of amides is 1. The minimum absolute atomic E-state index is 0.0125. The van der Waals surface area contributed by atoms with Gasteiger partial charge in [0, 0.05) is 15.1 Å². The van der Waals surface area contributed by atoms with Crippen LogP contribution in [-0.2, 0) is 11.0 Å². The van der Waals surface area contributed by atoms with Gasteiger partial charge in [-0.25, -0.2) is 9.18 Å². The summed E-state index contributed by atoms with van der Waals surface area (Å²) >= 11 is 9.06. The molecule has 0 aromatic heterocycles. The number of nitrogens with one attached hydrogen (secondary N) is 1. The lowest BCUT2D eigenvalue weighted by atomic mass is 10.00. The molecule has 182 valence electrons. The van der Waals surface area contributed by atoms with E-state index in [1.165, 1.54) is 30.3 Å². The number of carbonyl (C=O) groups is 3. The number of hydrogen-bond acceptors (Lipinski definition) is 4. The van der Waals surface area contributed by atoms with Crippen LogP contribution >= 0.6 is 27.5 Å². The van der Waals surface area contributed by atoms with Crippen molar-refractivity contribution in [2.24, 2.45) is 0 Å². The molecule has 0 bridgehead atoms. The number of alkyl halides is 3. The first-order chi connectivity index (χ1) is 16.3. The van der Waals surface area contributed by atoms with E-state index >= 15 is 0 Å². The van der Waals surface area contributed by atoms with E-state index in [0.29, 0.717) is 16.6 Å². The maximum absolute atomic E-state index is 13.8. The zero-order valence-electron chi connectivity index (χ0n) is 17.3. The Morgan fingerprint density at radius 2 is 1.71 bits per heavy atom. The molecule has 0 radical (unpaired) electrons. The molecule has 0 atom stereocenters. The van der Waals surface area contributed by atoms with E-state index < -0.39 is 47.4 Å². The predicted octanol–water partition coefficient (Wildman–Crippen LogP) is 6.21. The fraction of sp³-hybridized carbons (Fsp3) is 0.0870. The van der Waals surface area contributed by atoms with E-state index in [-0.39, 0.29) is 33.7 Å². The molecule has 0 aliphatic heterocycles. The van der Waals surface area contributed by atoms with Crippen molar-refractivity contribution in [3.05, 3.63) is 92.2 Å². The normalized spacial score (nSPS) is 11.1. The number of anilines is 1. The van der Waals surface area contributed by atoms with E-state index in [1.807, 2.05) is 0 Å². The second-order valence-electron chi connectivity index (χ2n) is 7.03. The van der Waals surface area contributed by atoms with Crippen LogP contribution in [0.15, 0.2) is 59.1 Å². The van der Waals surface area contributed by atoms with E-state index in [0.717, 1.165) is 6.07 Å². The Balaban J connectivity index is 1.81. The molecule has 2 N–H and O–H groups in total. The van der Waals surface area contributed by atoms with Gasteiger partial charge in [-0.3, -0.25) is 9.59 Å². The van der Waals surface area contributed by atoms with Gasteiger partial charge >= 0.3 is 12.1 Å². The monoisotopic (exact) mass is 573 g/mol. The van der Waals surface area contributed by atoms with E-state index in [2.05, 4.69) is 21.2 Å². The fourth-order valence-electron chi connectivity index (χ4n) is 2.92. The lowest BCUT2D eigenvalue weighted by Gasteiger charge is -2.13. The number of carboxylic acids is 1. The third-order valence-electron chi connectivity index (χ3n) is 4.52. The van der Waals surface area contributed by atoms with Crippen LogP contribution in [0, 0.1) is 5.82 Å². The Hall–Kier alpha value is -3.44. The molecule has 0 saturated heterocycles. The highest BCUT2D eigenvalue weighted by Crippen LogP contribution is 2.32. The van der Waals surface area contributed by atoms with Crippen LogP contribution in [0.2, 0.25) is 5.02 Å². The molecular weight excluding hydrogens is 562 g/mol. The van der Waals surface area contributed by atoms with Crippen molar-refractivity contribution in [1.82, 2.24) is 0 Å². The largest absolute Gasteiger partial charge is 0.483 e. The van der Waals surface area contributed by atoms with Crippen LogP contribution in [0.1, 0.15) is 31.8 Å². The first kappa shape index (κ1) is 26.2. The van der Waals surface area contributed by atoms with E-state index in [1.54, 1.807) is 0 Å². The SMILES string of the molecule is O=C(COc1ccc(Cl)cc1C(=O)c1cc(F)cc(C(F)(F)F)c1)Nc1ccc(C(=O)O)cc1Br. The first-order valence-electron chi connectivity index (χ1n) is 9.52. The molecular formula is C23H13BrClF4NO5. The molecule has 0 heterocycles. The van der Waals surface area contributed by atoms with Crippen molar-refractivity contribution in [2.75, 3.05) is 11.9 Å². The highest BCUT2D eigenvalue weighted by atomic mass is 79.9. The summed E-state index contributed by atoms with van der Waals surface area (Å²) in [6.45, 7) is -0.619. The number of benzene rings is 3. The summed E-state index contributed by atoms with van der Waals surface area (Å²) in [5.74, 6) is -4.28. The summed E-state index contributed by atoms with van der Waals surface area (Å²) < 4.78 is 58.6. The number of aromatic carboxylic acids is 1. The lowest BCUT2D eigenvalue weighted by Crippen LogP contribution is -2.21. The molecule has 6 nitrogen and oxygen atoms in total. The number of halogens is 6. The van der Waals surface area contributed by atoms with Crippen molar-refractivity contribution in [1.29, 1.82) is 0 Å². The summed E-state index contributed by atoms with van der Waals surface area (Å²) in [6, 6.07) is 9.01. The second-order valence-corrected chi connectivity index (χ2v) is 8.32. The summed E-state index contributed by atoms with van der Waals surface area (Å²) in [6.07, 6.45) is -4.88. The molecule has 3 aromatic carbocycles. The minimum Gasteiger partial charge on any atom is -0.483 e. The Kier molecular flexibility index (Phi) is 7.81. The zero-order chi connectivity index (χ0) is 25.9. The first-order valence-corrected chi connectivity index (χ1v) is 10.7. The number of carbonyl (C=O) groups excluding carboxylic acids is 2. The summed E-state index contributed by atoms with van der Waals surface area (Å²) in [5, 5.41) is 11.5. The molecule has 0 fully saturated rings. The van der Waals surface area contributed by atoms with Gasteiger partial charge in [-0.15, -0.1) is 0 Å². The van der Waals surface area contributed by atoms with E-state index in [9.17, 15) is 31.9 Å². The van der Waals surface area contributed by atoms with Gasteiger partial charge in [0.1, 0.15) is 11.6 Å². The Labute approximate surface area is 208 Å². The van der Waals surface area contributed by atoms with Crippen LogP contribution in [-0.4, -0.2) is 29.4 Å². The Bertz CT molecular complexity index is 1330. The number of carboxylic acid groups (broad SMARTS) is 1. The predicted molar refractivity (Wildman–Crippen MR) is 122 cm³/mol. The fourth-order valence-corrected chi connectivity index (χ4v) is 3.57. The standard InChI is InChI=1S/C23H13BrClF4NO5/c24-17-7-11(22(33)34)1-3-18(17)30-20(31)10-35-19-4-2-14(25)9-16(19)21(32)12-5-13(23(27,28)29)8-15(26)6-12/h1-9H,10H2,(H,30,31)(H,33,34). The van der Waals surface area contributed by atoms with Crippen LogP contribution in [0.5, 0.6) is 5.75 Å². The van der Waals surface area contributed by atoms with Gasteiger partial charge in [-0.05, 0) is 70.5 Å². The number of ketones is 1. The van der Waals surface area contributed by atoms with Crippen molar-refractivity contribution in [2.45, 2.75) is 6.18 Å². The van der Waals surface area contributed by atoms with Gasteiger partial charge in [-0.2, -0.15) is 13.2 Å². The summed E-state index contributed by atoms with van der Waals surface area (Å²) in [5.41, 5.74) is -1.98. The van der Waals surface area contributed by atoms with Crippen molar-refractivity contribution >= 4 is 50.9 Å². The third kappa shape index (κ3) is 6.58. The molecule has 0 saturated carbocycles. The minimum atomic E-state index is -4.88. The van der Waals surface area contributed by atoms with Crippen LogP contribution in [0.25, 0.3) is 0 Å². The Morgan fingerprint density at radius 3 is 2.34 bits per heavy atom. The van der Waals surface area contributed by atoms with Crippen molar-refractivity contribution < 1.29 is 41.8 Å². The summed E-state index contributed by atoms with van der Waals surface area (Å²) in [7, 11) is 0. The number of ether oxygens (including phenoxy) is 1. The van der Waals surface area contributed by atoms with Crippen LogP contribution < -0.4 is 10.1 Å². The number of rotatable bonds is 7. The van der Waals surface area contributed by atoms with Crippen molar-refractivity contribution in [3.63, 3.8) is 0 Å². The molecule has 12 heteroatoms. The van der Waals surface area contributed by atoms with Crippen molar-refractivity contribution in [3.8, 4) is 5.75 Å². The van der Waals surface area contributed by atoms with Gasteiger partial charge < -0.3 is 15.2 Å². The smallest absolute Gasteiger partial charge is 0.416 e. The average molecular weight is 575 g/mol. The molecule has 3 rings (SSSR count). The molecule has 0 aliphatic rings. The quantitative estimate of drug-likeness (QED) is 0.259. The van der Waals surface area contributed by atoms with E-state index in [4.69, 9.17) is 21.4 Å². The molecule has 0 aliphatic carbocycles. The maximum Gasteiger partial charge on any atom is 0.416 e. The lowest BCUT2D eigenvalue weighted by molar-refractivity contribution is -0.137. The molecule has 0 spiro atoms. The van der Waals surface area contributed by atoms with Crippen LogP contribution in [0.4, 0.5) is 23.2 Å². The maximum atomic E-state index is 13.8. The van der Waals surface area contributed by atoms with Gasteiger partial charge in [0.2, 0.25) is 0 Å². The molecule has 35 heavy (non-hydrogen) atoms. The Morgan fingerprint density at radius 1 is 1.00 bits per heavy atom. The van der Waals surface area contributed by atoms with Gasteiger partial charge in [0.25, 0.3) is 5.91 Å². The molecule has 3 aromatic rings. The number of hydrogen-bond donors (Lipinski definition) is 2. The molecule has 1 amide bonds. The summed E-state index contributed by atoms with van der Waals surface area (Å²) in [4.78, 5) is 36.2.